The highest BCUT2D eigenvalue weighted by Gasteiger charge is 2.12. The lowest BCUT2D eigenvalue weighted by atomic mass is 10.1. The maximum Gasteiger partial charge on any atom is 0.123 e. The van der Waals surface area contributed by atoms with Crippen LogP contribution in [-0.2, 0) is 0 Å². The van der Waals surface area contributed by atoms with Crippen molar-refractivity contribution in [3.05, 3.63) is 28.8 Å². The lowest BCUT2D eigenvalue weighted by molar-refractivity contribution is 0.204. The summed E-state index contributed by atoms with van der Waals surface area (Å²) in [5.41, 5.74) is 9.23. The summed E-state index contributed by atoms with van der Waals surface area (Å²) in [5, 5.41) is 0. The molecule has 0 spiro atoms. The number of rotatable bonds is 5. The normalized spacial score (nSPS) is 12.2. The highest BCUT2D eigenvalue weighted by molar-refractivity contribution is 7.80. The van der Waals surface area contributed by atoms with Crippen LogP contribution in [0.4, 0.5) is 0 Å². The van der Waals surface area contributed by atoms with Gasteiger partial charge in [-0.2, -0.15) is 0 Å². The van der Waals surface area contributed by atoms with E-state index >= 15 is 0 Å². The van der Waals surface area contributed by atoms with Crippen LogP contribution in [0.5, 0.6) is 5.75 Å². The summed E-state index contributed by atoms with van der Waals surface area (Å²) in [4.78, 5) is 0.513. The van der Waals surface area contributed by atoms with Gasteiger partial charge in [0.05, 0.1) is 4.99 Å². The van der Waals surface area contributed by atoms with E-state index in [9.17, 15) is 0 Å². The second-order valence-corrected chi connectivity index (χ2v) is 5.05. The van der Waals surface area contributed by atoms with Gasteiger partial charge >= 0.3 is 0 Å². The quantitative estimate of drug-likeness (QED) is 0.814. The second-order valence-electron chi connectivity index (χ2n) is 4.52. The SMILES string of the molecule is CCC(CC(N)=S)Oc1cc(C)cc(C)c1C. The molecule has 0 aromatic heterocycles. The standard InChI is InChI=1S/C14H21NOS/c1-5-12(8-14(15)17)16-13-7-9(2)6-10(3)11(13)4/h6-7,12H,5,8H2,1-4H3,(H2,15,17). The Labute approximate surface area is 109 Å². The first-order valence-electron chi connectivity index (χ1n) is 5.96. The van der Waals surface area contributed by atoms with Gasteiger partial charge in [0.1, 0.15) is 11.9 Å². The first kappa shape index (κ1) is 14.0. The average Bonchev–Trinajstić information content (AvgIpc) is 2.23. The van der Waals surface area contributed by atoms with E-state index in [0.29, 0.717) is 11.4 Å². The van der Waals surface area contributed by atoms with Crippen molar-refractivity contribution in [2.45, 2.75) is 46.6 Å². The number of aryl methyl sites for hydroxylation is 2. The number of thiocarbonyl (C=S) groups is 1. The number of ether oxygens (including phenoxy) is 1. The molecule has 0 heterocycles. The van der Waals surface area contributed by atoms with E-state index < -0.39 is 0 Å². The molecule has 0 aliphatic carbocycles. The van der Waals surface area contributed by atoms with Crippen LogP contribution in [0.1, 0.15) is 36.5 Å². The predicted octanol–water partition coefficient (Wildman–Crippen LogP) is 3.45. The molecule has 0 saturated heterocycles. The minimum Gasteiger partial charge on any atom is -0.490 e. The molecule has 0 aliphatic rings. The van der Waals surface area contributed by atoms with Gasteiger partial charge in [0.25, 0.3) is 0 Å². The maximum atomic E-state index is 6.00. The Morgan fingerprint density at radius 1 is 1.35 bits per heavy atom. The van der Waals surface area contributed by atoms with Crippen molar-refractivity contribution in [2.24, 2.45) is 5.73 Å². The van der Waals surface area contributed by atoms with Gasteiger partial charge in [-0.3, -0.25) is 0 Å². The summed E-state index contributed by atoms with van der Waals surface area (Å²) >= 11 is 4.94. The van der Waals surface area contributed by atoms with Crippen LogP contribution in [0, 0.1) is 20.8 Å². The summed E-state index contributed by atoms with van der Waals surface area (Å²) in [6.45, 7) is 8.34. The van der Waals surface area contributed by atoms with Gasteiger partial charge < -0.3 is 10.5 Å². The highest BCUT2D eigenvalue weighted by Crippen LogP contribution is 2.25. The predicted molar refractivity (Wildman–Crippen MR) is 76.8 cm³/mol. The molecule has 3 heteroatoms. The Hall–Kier alpha value is -1.09. The van der Waals surface area contributed by atoms with Crippen molar-refractivity contribution < 1.29 is 4.74 Å². The first-order chi connectivity index (χ1) is 7.93. The number of hydrogen-bond acceptors (Lipinski definition) is 2. The molecule has 0 amide bonds. The zero-order valence-corrected chi connectivity index (χ0v) is 11.9. The number of nitrogens with two attached hydrogens (primary N) is 1. The lowest BCUT2D eigenvalue weighted by Crippen LogP contribution is -2.23. The third-order valence-electron chi connectivity index (χ3n) is 2.94. The Kier molecular flexibility index (Phi) is 4.94. The van der Waals surface area contributed by atoms with E-state index in [-0.39, 0.29) is 6.10 Å². The summed E-state index contributed by atoms with van der Waals surface area (Å²) in [5.74, 6) is 0.950. The summed E-state index contributed by atoms with van der Waals surface area (Å²) in [6.07, 6.45) is 1.62. The fraction of sp³-hybridized carbons (Fsp3) is 0.500. The Morgan fingerprint density at radius 3 is 2.53 bits per heavy atom. The molecule has 1 rings (SSSR count). The molecule has 2 nitrogen and oxygen atoms in total. The Balaban J connectivity index is 2.89. The molecule has 2 N–H and O–H groups in total. The highest BCUT2D eigenvalue weighted by atomic mass is 32.1. The van der Waals surface area contributed by atoms with E-state index in [1.54, 1.807) is 0 Å². The molecule has 1 unspecified atom stereocenters. The monoisotopic (exact) mass is 251 g/mol. The third kappa shape index (κ3) is 4.00. The second kappa shape index (κ2) is 6.01. The molecule has 0 bridgehead atoms. The molecule has 1 atom stereocenters. The molecule has 0 aliphatic heterocycles. The van der Waals surface area contributed by atoms with Crippen molar-refractivity contribution in [1.29, 1.82) is 0 Å². The summed E-state index contributed by atoms with van der Waals surface area (Å²) < 4.78 is 6.00. The molecule has 0 fully saturated rings. The lowest BCUT2D eigenvalue weighted by Gasteiger charge is -2.20. The first-order valence-corrected chi connectivity index (χ1v) is 6.37. The van der Waals surface area contributed by atoms with E-state index in [2.05, 4.69) is 39.8 Å². The van der Waals surface area contributed by atoms with Gasteiger partial charge in [0, 0.05) is 6.42 Å². The fourth-order valence-corrected chi connectivity index (χ4v) is 1.98. The molecular weight excluding hydrogens is 230 g/mol. The van der Waals surface area contributed by atoms with Crippen LogP contribution >= 0.6 is 12.2 Å². The summed E-state index contributed by atoms with van der Waals surface area (Å²) in [7, 11) is 0. The average molecular weight is 251 g/mol. The maximum absolute atomic E-state index is 6.00. The fourth-order valence-electron chi connectivity index (χ4n) is 1.80. The Morgan fingerprint density at radius 2 is 2.00 bits per heavy atom. The number of benzene rings is 1. The minimum atomic E-state index is 0.0763. The van der Waals surface area contributed by atoms with Crippen molar-refractivity contribution in [1.82, 2.24) is 0 Å². The van der Waals surface area contributed by atoms with Crippen LogP contribution in [0.2, 0.25) is 0 Å². The van der Waals surface area contributed by atoms with E-state index in [1.807, 2.05) is 0 Å². The van der Waals surface area contributed by atoms with Crippen LogP contribution < -0.4 is 10.5 Å². The van der Waals surface area contributed by atoms with Crippen molar-refractivity contribution in [2.75, 3.05) is 0 Å². The van der Waals surface area contributed by atoms with Crippen LogP contribution in [0.3, 0.4) is 0 Å². The van der Waals surface area contributed by atoms with Crippen molar-refractivity contribution in [3.8, 4) is 5.75 Å². The third-order valence-corrected chi connectivity index (χ3v) is 3.11. The smallest absolute Gasteiger partial charge is 0.123 e. The van der Waals surface area contributed by atoms with Crippen LogP contribution in [-0.4, -0.2) is 11.1 Å². The number of hydrogen-bond donors (Lipinski definition) is 1. The Bertz CT molecular complexity index is 415. The van der Waals surface area contributed by atoms with E-state index in [1.165, 1.54) is 16.7 Å². The molecule has 1 aromatic rings. The molecular formula is C14H21NOS. The van der Waals surface area contributed by atoms with Gasteiger partial charge in [0.2, 0.25) is 0 Å². The van der Waals surface area contributed by atoms with Gasteiger partial charge in [0.15, 0.2) is 0 Å². The largest absolute Gasteiger partial charge is 0.490 e. The topological polar surface area (TPSA) is 35.2 Å². The molecule has 17 heavy (non-hydrogen) atoms. The zero-order valence-electron chi connectivity index (χ0n) is 11.0. The van der Waals surface area contributed by atoms with Crippen molar-refractivity contribution >= 4 is 17.2 Å². The van der Waals surface area contributed by atoms with E-state index in [0.717, 1.165) is 12.2 Å². The molecule has 0 saturated carbocycles. The molecule has 1 aromatic carbocycles. The molecule has 94 valence electrons. The van der Waals surface area contributed by atoms with Crippen LogP contribution in [0.15, 0.2) is 12.1 Å². The minimum absolute atomic E-state index is 0.0763. The zero-order chi connectivity index (χ0) is 13.0. The van der Waals surface area contributed by atoms with Gasteiger partial charge in [-0.1, -0.05) is 25.2 Å². The molecule has 0 radical (unpaired) electrons. The van der Waals surface area contributed by atoms with Crippen molar-refractivity contribution in [3.63, 3.8) is 0 Å². The summed E-state index contributed by atoms with van der Waals surface area (Å²) in [6, 6.07) is 4.24. The van der Waals surface area contributed by atoms with Crippen LogP contribution in [0.25, 0.3) is 0 Å². The van der Waals surface area contributed by atoms with Gasteiger partial charge in [-0.15, -0.1) is 0 Å². The van der Waals surface area contributed by atoms with Gasteiger partial charge in [-0.05, 0) is 49.9 Å². The van der Waals surface area contributed by atoms with E-state index in [4.69, 9.17) is 22.7 Å². The van der Waals surface area contributed by atoms with Gasteiger partial charge in [-0.25, -0.2) is 0 Å².